The third-order valence-electron chi connectivity index (χ3n) is 4.11. The Morgan fingerprint density at radius 3 is 2.46 bits per heavy atom. The van der Waals surface area contributed by atoms with Crippen LogP contribution in [0.4, 0.5) is 0 Å². The maximum atomic E-state index is 5.95. The lowest BCUT2D eigenvalue weighted by molar-refractivity contribution is -0.155. The van der Waals surface area contributed by atoms with Gasteiger partial charge in [0.2, 0.25) is 0 Å². The summed E-state index contributed by atoms with van der Waals surface area (Å²) in [4.78, 5) is 0. The molecule has 13 heavy (non-hydrogen) atoms. The maximum absolute atomic E-state index is 5.95. The number of fused-ring (bicyclic) bond motifs is 4. The van der Waals surface area contributed by atoms with Gasteiger partial charge in [-0.2, -0.15) is 0 Å². The first-order valence-corrected chi connectivity index (χ1v) is 5.21. The molecule has 2 saturated carbocycles. The normalized spacial score (nSPS) is 63.8. The van der Waals surface area contributed by atoms with E-state index in [0.717, 1.165) is 17.8 Å². The summed E-state index contributed by atoms with van der Waals surface area (Å²) in [5, 5.41) is 0. The van der Waals surface area contributed by atoms with Gasteiger partial charge in [0.05, 0.1) is 12.2 Å². The minimum absolute atomic E-state index is 0.336. The van der Waals surface area contributed by atoms with Crippen LogP contribution in [0.25, 0.3) is 0 Å². The zero-order chi connectivity index (χ0) is 8.79. The summed E-state index contributed by atoms with van der Waals surface area (Å²) in [5.41, 5.74) is 0. The Kier molecular flexibility index (Phi) is 0.935. The van der Waals surface area contributed by atoms with E-state index in [4.69, 9.17) is 9.47 Å². The molecule has 0 aromatic rings. The van der Waals surface area contributed by atoms with Gasteiger partial charge in [0.25, 0.3) is 0 Å². The average molecular weight is 178 g/mol. The molecule has 0 amide bonds. The van der Waals surface area contributed by atoms with Gasteiger partial charge in [0, 0.05) is 5.92 Å². The predicted octanol–water partition coefficient (Wildman–Crippen LogP) is 1.57. The molecule has 0 bridgehead atoms. The minimum Gasteiger partial charge on any atom is -0.344 e. The summed E-state index contributed by atoms with van der Waals surface area (Å²) in [7, 11) is 0. The zero-order valence-corrected chi connectivity index (χ0v) is 7.94. The second-order valence-electron chi connectivity index (χ2n) is 5.26. The highest BCUT2D eigenvalue weighted by Crippen LogP contribution is 2.68. The van der Waals surface area contributed by atoms with Gasteiger partial charge in [-0.15, -0.1) is 0 Å². The molecule has 0 unspecified atom stereocenters. The van der Waals surface area contributed by atoms with E-state index < -0.39 is 0 Å². The molecule has 3 fully saturated rings. The first-order valence-electron chi connectivity index (χ1n) is 5.21. The molecule has 1 saturated heterocycles. The maximum Gasteiger partial charge on any atom is 0.163 e. The van der Waals surface area contributed by atoms with E-state index in [0.29, 0.717) is 18.1 Å². The molecule has 0 N–H and O–H groups in total. The van der Waals surface area contributed by atoms with E-state index >= 15 is 0 Å². The van der Waals surface area contributed by atoms with Crippen molar-refractivity contribution in [2.75, 3.05) is 0 Å². The van der Waals surface area contributed by atoms with E-state index in [1.807, 2.05) is 13.8 Å². The average Bonchev–Trinajstić information content (AvgIpc) is 2.33. The molecule has 3 aliphatic carbocycles. The molecule has 0 aromatic carbocycles. The van der Waals surface area contributed by atoms with Crippen LogP contribution < -0.4 is 0 Å². The number of hydrogen-bond acceptors (Lipinski definition) is 2. The third kappa shape index (κ3) is 0.658. The van der Waals surface area contributed by atoms with Gasteiger partial charge in [-0.05, 0) is 31.6 Å². The van der Waals surface area contributed by atoms with Crippen molar-refractivity contribution >= 4 is 0 Å². The Morgan fingerprint density at radius 2 is 1.62 bits per heavy atom. The van der Waals surface area contributed by atoms with E-state index in [2.05, 4.69) is 12.2 Å². The van der Waals surface area contributed by atoms with Crippen LogP contribution in [0.15, 0.2) is 12.2 Å². The summed E-state index contributed by atoms with van der Waals surface area (Å²) >= 11 is 0. The Morgan fingerprint density at radius 1 is 0.923 bits per heavy atom. The lowest BCUT2D eigenvalue weighted by Gasteiger charge is -2.19. The Balaban J connectivity index is 1.74. The fourth-order valence-electron chi connectivity index (χ4n) is 3.72. The van der Waals surface area contributed by atoms with Crippen LogP contribution in [0.3, 0.4) is 0 Å². The van der Waals surface area contributed by atoms with Crippen molar-refractivity contribution in [1.82, 2.24) is 0 Å². The Bertz CT molecular complexity index is 307. The molecule has 6 atom stereocenters. The van der Waals surface area contributed by atoms with Gasteiger partial charge >= 0.3 is 0 Å². The third-order valence-corrected chi connectivity index (χ3v) is 4.11. The van der Waals surface area contributed by atoms with Gasteiger partial charge in [0.15, 0.2) is 5.79 Å². The van der Waals surface area contributed by atoms with Crippen LogP contribution in [-0.2, 0) is 9.47 Å². The van der Waals surface area contributed by atoms with Crippen LogP contribution in [0.5, 0.6) is 0 Å². The fraction of sp³-hybridized carbons (Fsp3) is 0.818. The molecule has 70 valence electrons. The molecule has 1 aliphatic heterocycles. The predicted molar refractivity (Wildman–Crippen MR) is 46.9 cm³/mol. The van der Waals surface area contributed by atoms with Gasteiger partial charge in [-0.25, -0.2) is 0 Å². The standard InChI is InChI=1S/C11H14O2/c1-11(2)12-9-6-4-3-5-7(6)8(5)10(9)13-11/h3-10H,1-2H3/t5-,6+,7+,8-,9+,10-/m0/s1. The van der Waals surface area contributed by atoms with Crippen LogP contribution in [0.1, 0.15) is 13.8 Å². The highest BCUT2D eigenvalue weighted by molar-refractivity contribution is 5.31. The lowest BCUT2D eigenvalue weighted by atomic mass is 10.0. The van der Waals surface area contributed by atoms with Crippen LogP contribution in [0.2, 0.25) is 0 Å². The van der Waals surface area contributed by atoms with Crippen molar-refractivity contribution in [2.24, 2.45) is 23.7 Å². The number of hydrogen-bond donors (Lipinski definition) is 0. The van der Waals surface area contributed by atoms with Gasteiger partial charge in [-0.1, -0.05) is 12.2 Å². The highest BCUT2D eigenvalue weighted by Gasteiger charge is 2.72. The van der Waals surface area contributed by atoms with E-state index in [1.165, 1.54) is 0 Å². The molecular weight excluding hydrogens is 164 g/mol. The van der Waals surface area contributed by atoms with Crippen molar-refractivity contribution < 1.29 is 9.47 Å². The number of ether oxygens (including phenoxy) is 2. The summed E-state index contributed by atoms with van der Waals surface area (Å²) in [6.07, 6.45) is 5.48. The van der Waals surface area contributed by atoms with Gasteiger partial charge < -0.3 is 9.47 Å². The second-order valence-corrected chi connectivity index (χ2v) is 5.26. The summed E-state index contributed by atoms with van der Waals surface area (Å²) in [5.74, 6) is 2.84. The zero-order valence-electron chi connectivity index (χ0n) is 7.94. The van der Waals surface area contributed by atoms with Crippen molar-refractivity contribution in [3.63, 3.8) is 0 Å². The Hall–Kier alpha value is -0.340. The topological polar surface area (TPSA) is 18.5 Å². The molecule has 4 aliphatic rings. The van der Waals surface area contributed by atoms with Crippen molar-refractivity contribution in [3.05, 3.63) is 12.2 Å². The van der Waals surface area contributed by atoms with Crippen molar-refractivity contribution in [1.29, 1.82) is 0 Å². The first-order chi connectivity index (χ1) is 6.17. The quantitative estimate of drug-likeness (QED) is 0.524. The van der Waals surface area contributed by atoms with E-state index in [-0.39, 0.29) is 5.79 Å². The fourth-order valence-corrected chi connectivity index (χ4v) is 3.72. The van der Waals surface area contributed by atoms with E-state index in [9.17, 15) is 0 Å². The largest absolute Gasteiger partial charge is 0.344 e. The second kappa shape index (κ2) is 1.73. The number of rotatable bonds is 0. The molecule has 0 radical (unpaired) electrons. The molecule has 1 heterocycles. The monoisotopic (exact) mass is 178 g/mol. The first kappa shape index (κ1) is 7.02. The van der Waals surface area contributed by atoms with Crippen LogP contribution >= 0.6 is 0 Å². The SMILES string of the molecule is CC1(C)O[C@@H]2[C@@H]3C=C[C@H]4[C@H]3[C@H]4[C@@H]2O1. The van der Waals surface area contributed by atoms with Crippen molar-refractivity contribution in [3.8, 4) is 0 Å². The molecule has 0 aromatic heterocycles. The summed E-state index contributed by atoms with van der Waals surface area (Å²) < 4.78 is 11.9. The Labute approximate surface area is 77.9 Å². The molecule has 4 rings (SSSR count). The molecular formula is C11H14O2. The summed E-state index contributed by atoms with van der Waals surface area (Å²) in [6, 6.07) is 0. The summed E-state index contributed by atoms with van der Waals surface area (Å²) in [6.45, 7) is 4.06. The van der Waals surface area contributed by atoms with E-state index in [1.54, 1.807) is 0 Å². The van der Waals surface area contributed by atoms with Crippen LogP contribution in [-0.4, -0.2) is 18.0 Å². The van der Waals surface area contributed by atoms with Gasteiger partial charge in [0.1, 0.15) is 0 Å². The number of allylic oxidation sites excluding steroid dienone is 1. The molecule has 2 nitrogen and oxygen atoms in total. The molecule has 2 heteroatoms. The highest BCUT2D eigenvalue weighted by atomic mass is 16.8. The minimum atomic E-state index is -0.336. The van der Waals surface area contributed by atoms with Crippen molar-refractivity contribution in [2.45, 2.75) is 31.8 Å². The van der Waals surface area contributed by atoms with Crippen LogP contribution in [0, 0.1) is 23.7 Å². The van der Waals surface area contributed by atoms with Gasteiger partial charge in [-0.3, -0.25) is 0 Å². The molecule has 0 spiro atoms. The smallest absolute Gasteiger partial charge is 0.163 e. The lowest BCUT2D eigenvalue weighted by Crippen LogP contribution is -2.26.